The molecule has 0 bridgehead atoms. The van der Waals surface area contributed by atoms with Crippen LogP contribution < -0.4 is 0 Å². The Balaban J connectivity index is 1.97. The van der Waals surface area contributed by atoms with Gasteiger partial charge in [0.1, 0.15) is 0 Å². The highest BCUT2D eigenvalue weighted by Crippen LogP contribution is 2.14. The molecule has 5 heteroatoms. The summed E-state index contributed by atoms with van der Waals surface area (Å²) in [6.07, 6.45) is 9.13. The van der Waals surface area contributed by atoms with Crippen molar-refractivity contribution in [3.05, 3.63) is 22.6 Å². The highest BCUT2D eigenvalue weighted by atomic mass is 32.2. The standard InChI is InChI=1S/C14H21N3S2/c1-11-9-12-13(15-10-11)17(14(18)16-12)7-5-3-4-6-8-19-2/h9-10H,3-8H2,1-2H3,(H,16,18). The molecule has 0 radical (unpaired) electrons. The maximum absolute atomic E-state index is 5.38. The number of aromatic nitrogens is 3. The maximum Gasteiger partial charge on any atom is 0.179 e. The lowest BCUT2D eigenvalue weighted by Crippen LogP contribution is -1.99. The first kappa shape index (κ1) is 14.6. The van der Waals surface area contributed by atoms with E-state index in [2.05, 4.69) is 26.9 Å². The lowest BCUT2D eigenvalue weighted by molar-refractivity contribution is 0.587. The number of fused-ring (bicyclic) bond motifs is 1. The van der Waals surface area contributed by atoms with Gasteiger partial charge in [-0.2, -0.15) is 11.8 Å². The van der Waals surface area contributed by atoms with Gasteiger partial charge in [-0.25, -0.2) is 4.98 Å². The summed E-state index contributed by atoms with van der Waals surface area (Å²) in [5.74, 6) is 1.27. The molecule has 0 aliphatic rings. The van der Waals surface area contributed by atoms with Crippen LogP contribution in [0.15, 0.2) is 12.3 Å². The molecule has 2 aromatic rings. The highest BCUT2D eigenvalue weighted by molar-refractivity contribution is 7.98. The van der Waals surface area contributed by atoms with E-state index in [0.717, 1.165) is 28.0 Å². The molecule has 0 saturated heterocycles. The van der Waals surface area contributed by atoms with Crippen LogP contribution in [-0.2, 0) is 6.54 Å². The lowest BCUT2D eigenvalue weighted by atomic mass is 10.2. The molecule has 0 unspecified atom stereocenters. The van der Waals surface area contributed by atoms with Crippen molar-refractivity contribution in [1.82, 2.24) is 14.5 Å². The van der Waals surface area contributed by atoms with Crippen LogP contribution in [-0.4, -0.2) is 26.5 Å². The molecule has 2 rings (SSSR count). The Morgan fingerprint density at radius 2 is 2.11 bits per heavy atom. The van der Waals surface area contributed by atoms with Gasteiger partial charge in [0.15, 0.2) is 10.4 Å². The zero-order valence-corrected chi connectivity index (χ0v) is 13.2. The average molecular weight is 295 g/mol. The van der Waals surface area contributed by atoms with Crippen molar-refractivity contribution in [2.45, 2.75) is 39.2 Å². The van der Waals surface area contributed by atoms with Crippen LogP contribution in [0.3, 0.4) is 0 Å². The molecule has 2 heterocycles. The van der Waals surface area contributed by atoms with E-state index < -0.39 is 0 Å². The van der Waals surface area contributed by atoms with E-state index in [4.69, 9.17) is 12.2 Å². The van der Waals surface area contributed by atoms with E-state index >= 15 is 0 Å². The van der Waals surface area contributed by atoms with Gasteiger partial charge in [0.05, 0.1) is 5.52 Å². The highest BCUT2D eigenvalue weighted by Gasteiger charge is 2.05. The predicted molar refractivity (Wildman–Crippen MR) is 86.5 cm³/mol. The summed E-state index contributed by atoms with van der Waals surface area (Å²) >= 11 is 7.31. The molecule has 2 aromatic heterocycles. The van der Waals surface area contributed by atoms with Gasteiger partial charge in [-0.1, -0.05) is 12.8 Å². The van der Waals surface area contributed by atoms with Crippen LogP contribution in [0.5, 0.6) is 0 Å². The first-order chi connectivity index (χ1) is 9.22. The van der Waals surface area contributed by atoms with Gasteiger partial charge in [-0.3, -0.25) is 0 Å². The molecule has 0 aliphatic heterocycles. The SMILES string of the molecule is CSCCCCCCn1c(=S)[nH]c2cc(C)cnc21. The summed E-state index contributed by atoms with van der Waals surface area (Å²) in [6, 6.07) is 2.10. The van der Waals surface area contributed by atoms with Crippen molar-refractivity contribution < 1.29 is 0 Å². The van der Waals surface area contributed by atoms with Gasteiger partial charge in [-0.15, -0.1) is 0 Å². The molecule has 19 heavy (non-hydrogen) atoms. The van der Waals surface area contributed by atoms with Crippen molar-refractivity contribution in [3.8, 4) is 0 Å². The minimum Gasteiger partial charge on any atom is -0.329 e. The van der Waals surface area contributed by atoms with Gasteiger partial charge in [0, 0.05) is 12.7 Å². The number of aryl methyl sites for hydroxylation is 2. The number of hydrogen-bond acceptors (Lipinski definition) is 3. The summed E-state index contributed by atoms with van der Waals surface area (Å²) in [5.41, 5.74) is 3.19. The van der Waals surface area contributed by atoms with E-state index in [0.29, 0.717) is 0 Å². The minimum absolute atomic E-state index is 0.789. The number of aromatic amines is 1. The molecule has 0 amide bonds. The second kappa shape index (κ2) is 7.10. The zero-order valence-electron chi connectivity index (χ0n) is 11.6. The number of H-pyrrole nitrogens is 1. The topological polar surface area (TPSA) is 33.6 Å². The van der Waals surface area contributed by atoms with Crippen molar-refractivity contribution >= 4 is 35.1 Å². The molecule has 1 N–H and O–H groups in total. The van der Waals surface area contributed by atoms with E-state index in [1.165, 1.54) is 31.4 Å². The number of rotatable bonds is 7. The second-order valence-corrected chi connectivity index (χ2v) is 6.24. The third-order valence-corrected chi connectivity index (χ3v) is 4.25. The maximum atomic E-state index is 5.38. The van der Waals surface area contributed by atoms with Crippen LogP contribution in [0.2, 0.25) is 0 Å². The molecule has 0 spiro atoms. The molecule has 0 fully saturated rings. The van der Waals surface area contributed by atoms with Gasteiger partial charge in [0.2, 0.25) is 0 Å². The van der Waals surface area contributed by atoms with Gasteiger partial charge >= 0.3 is 0 Å². The van der Waals surface area contributed by atoms with Crippen molar-refractivity contribution in [2.75, 3.05) is 12.0 Å². The van der Waals surface area contributed by atoms with Crippen molar-refractivity contribution in [3.63, 3.8) is 0 Å². The third-order valence-electron chi connectivity index (χ3n) is 3.23. The fourth-order valence-electron chi connectivity index (χ4n) is 2.23. The summed E-state index contributed by atoms with van der Waals surface area (Å²) in [5, 5.41) is 0. The summed E-state index contributed by atoms with van der Waals surface area (Å²) in [4.78, 5) is 7.73. The average Bonchev–Trinajstić information content (AvgIpc) is 2.69. The van der Waals surface area contributed by atoms with Crippen molar-refractivity contribution in [1.29, 1.82) is 0 Å². The Kier molecular flexibility index (Phi) is 5.45. The molecule has 0 saturated carbocycles. The smallest absolute Gasteiger partial charge is 0.179 e. The van der Waals surface area contributed by atoms with E-state index in [-0.39, 0.29) is 0 Å². The fourth-order valence-corrected chi connectivity index (χ4v) is 3.01. The number of pyridine rings is 1. The Morgan fingerprint density at radius 1 is 1.32 bits per heavy atom. The van der Waals surface area contributed by atoms with Gasteiger partial charge in [-0.05, 0) is 55.6 Å². The molecule has 0 aliphatic carbocycles. The summed E-state index contributed by atoms with van der Waals surface area (Å²) < 4.78 is 2.91. The summed E-state index contributed by atoms with van der Waals surface area (Å²) in [7, 11) is 0. The molecule has 3 nitrogen and oxygen atoms in total. The first-order valence-corrected chi connectivity index (χ1v) is 8.56. The Morgan fingerprint density at radius 3 is 2.89 bits per heavy atom. The van der Waals surface area contributed by atoms with Gasteiger partial charge in [0.25, 0.3) is 0 Å². The van der Waals surface area contributed by atoms with Crippen LogP contribution in [0.4, 0.5) is 0 Å². The second-order valence-electron chi connectivity index (χ2n) is 4.87. The van der Waals surface area contributed by atoms with E-state index in [1.807, 2.05) is 24.9 Å². The van der Waals surface area contributed by atoms with Crippen LogP contribution in [0.25, 0.3) is 11.2 Å². The van der Waals surface area contributed by atoms with Crippen LogP contribution in [0.1, 0.15) is 31.2 Å². The van der Waals surface area contributed by atoms with E-state index in [1.54, 1.807) is 0 Å². The fraction of sp³-hybridized carbons (Fsp3) is 0.571. The van der Waals surface area contributed by atoms with Crippen molar-refractivity contribution in [2.24, 2.45) is 0 Å². The molecular weight excluding hydrogens is 274 g/mol. The number of thioether (sulfide) groups is 1. The largest absolute Gasteiger partial charge is 0.329 e. The zero-order chi connectivity index (χ0) is 13.7. The lowest BCUT2D eigenvalue weighted by Gasteiger charge is -2.04. The Hall–Kier alpha value is -0.810. The number of imidazole rings is 1. The van der Waals surface area contributed by atoms with Gasteiger partial charge < -0.3 is 9.55 Å². The van der Waals surface area contributed by atoms with Crippen LogP contribution in [0, 0.1) is 11.7 Å². The number of nitrogens with zero attached hydrogens (tertiary/aromatic N) is 2. The Bertz CT molecular complexity index is 586. The molecule has 0 aromatic carbocycles. The normalized spacial score (nSPS) is 11.3. The third kappa shape index (κ3) is 3.83. The molecule has 104 valence electrons. The number of nitrogens with one attached hydrogen (secondary N) is 1. The number of hydrogen-bond donors (Lipinski definition) is 1. The first-order valence-electron chi connectivity index (χ1n) is 6.76. The quantitative estimate of drug-likeness (QED) is 0.610. The number of unbranched alkanes of at least 4 members (excludes halogenated alkanes) is 3. The molecular formula is C14H21N3S2. The monoisotopic (exact) mass is 295 g/mol. The minimum atomic E-state index is 0.789. The molecule has 0 atom stereocenters. The van der Waals surface area contributed by atoms with Crippen LogP contribution >= 0.6 is 24.0 Å². The van der Waals surface area contributed by atoms with E-state index in [9.17, 15) is 0 Å². The predicted octanol–water partition coefficient (Wildman–Crippen LogP) is 4.33. The summed E-state index contributed by atoms with van der Waals surface area (Å²) in [6.45, 7) is 3.01. The Labute approximate surface area is 123 Å².